The number of pyridine rings is 1. The molecule has 0 aliphatic carbocycles. The summed E-state index contributed by atoms with van der Waals surface area (Å²) < 4.78 is 0. The number of carboxylic acid groups (broad SMARTS) is 1. The van der Waals surface area contributed by atoms with E-state index in [4.69, 9.17) is 5.11 Å². The summed E-state index contributed by atoms with van der Waals surface area (Å²) in [5.41, 5.74) is 1.19. The second-order valence-corrected chi connectivity index (χ2v) is 4.40. The molecule has 2 rings (SSSR count). The summed E-state index contributed by atoms with van der Waals surface area (Å²) >= 11 is 1.34. The molecule has 0 saturated heterocycles. The number of rotatable bonds is 3. The zero-order valence-corrected chi connectivity index (χ0v) is 9.81. The Hall–Kier alpha value is -1.95. The number of aromatic nitrogens is 3. The summed E-state index contributed by atoms with van der Waals surface area (Å²) in [5.74, 6) is -0.982. The molecular weight excluding hydrogens is 238 g/mol. The Morgan fingerprint density at radius 2 is 2.12 bits per heavy atom. The van der Waals surface area contributed by atoms with E-state index in [1.165, 1.54) is 24.0 Å². The predicted octanol–water partition coefficient (Wildman–Crippen LogP) is 2.03. The van der Waals surface area contributed by atoms with Crippen molar-refractivity contribution in [3.63, 3.8) is 0 Å². The summed E-state index contributed by atoms with van der Waals surface area (Å²) in [4.78, 5) is 14.7. The minimum Gasteiger partial charge on any atom is -0.478 e. The standard InChI is InChI=1S/C11H9N3O2S/c1-7-4-10(14-13-5-7)17-9-3-2-8(6-12-9)11(15)16/h2-6H,1H3,(H,15,16). The smallest absolute Gasteiger partial charge is 0.337 e. The van der Waals surface area contributed by atoms with Crippen molar-refractivity contribution in [2.75, 3.05) is 0 Å². The fourth-order valence-electron chi connectivity index (χ4n) is 1.16. The number of carbonyl (C=O) groups is 1. The largest absolute Gasteiger partial charge is 0.478 e. The van der Waals surface area contributed by atoms with E-state index in [0.717, 1.165) is 10.6 Å². The average molecular weight is 247 g/mol. The van der Waals surface area contributed by atoms with E-state index in [1.54, 1.807) is 12.3 Å². The lowest BCUT2D eigenvalue weighted by molar-refractivity contribution is 0.0696. The van der Waals surface area contributed by atoms with E-state index in [-0.39, 0.29) is 5.56 Å². The summed E-state index contributed by atoms with van der Waals surface area (Å²) in [6, 6.07) is 5.06. The van der Waals surface area contributed by atoms with Crippen molar-refractivity contribution in [1.29, 1.82) is 0 Å². The molecular formula is C11H9N3O2S. The molecule has 0 atom stereocenters. The molecule has 2 heterocycles. The van der Waals surface area contributed by atoms with Gasteiger partial charge >= 0.3 is 5.97 Å². The van der Waals surface area contributed by atoms with E-state index >= 15 is 0 Å². The molecule has 0 aromatic carbocycles. The van der Waals surface area contributed by atoms with Gasteiger partial charge in [-0.3, -0.25) is 0 Å². The average Bonchev–Trinajstić information content (AvgIpc) is 2.29. The van der Waals surface area contributed by atoms with Crippen LogP contribution in [0.3, 0.4) is 0 Å². The van der Waals surface area contributed by atoms with Gasteiger partial charge in [-0.15, -0.1) is 5.10 Å². The zero-order chi connectivity index (χ0) is 12.3. The van der Waals surface area contributed by atoms with Gasteiger partial charge in [-0.1, -0.05) is 0 Å². The fourth-order valence-corrected chi connectivity index (χ4v) is 1.95. The minimum absolute atomic E-state index is 0.171. The molecule has 0 amide bonds. The number of carboxylic acids is 1. The van der Waals surface area contributed by atoms with Crippen molar-refractivity contribution in [3.8, 4) is 0 Å². The molecule has 0 bridgehead atoms. The molecule has 2 aromatic heterocycles. The van der Waals surface area contributed by atoms with Gasteiger partial charge in [0.1, 0.15) is 10.1 Å². The van der Waals surface area contributed by atoms with E-state index in [0.29, 0.717) is 5.03 Å². The van der Waals surface area contributed by atoms with Gasteiger partial charge in [0.25, 0.3) is 0 Å². The Balaban J connectivity index is 2.16. The molecule has 1 N–H and O–H groups in total. The van der Waals surface area contributed by atoms with Crippen molar-refractivity contribution in [1.82, 2.24) is 15.2 Å². The van der Waals surface area contributed by atoms with Crippen molar-refractivity contribution in [2.24, 2.45) is 0 Å². The highest BCUT2D eigenvalue weighted by molar-refractivity contribution is 7.99. The maximum absolute atomic E-state index is 10.6. The Kier molecular flexibility index (Phi) is 3.34. The van der Waals surface area contributed by atoms with Gasteiger partial charge < -0.3 is 5.11 Å². The number of nitrogens with zero attached hydrogens (tertiary/aromatic N) is 3. The first-order valence-electron chi connectivity index (χ1n) is 4.81. The van der Waals surface area contributed by atoms with Gasteiger partial charge in [0.15, 0.2) is 0 Å². The first-order valence-corrected chi connectivity index (χ1v) is 5.63. The Bertz CT molecular complexity index is 543. The van der Waals surface area contributed by atoms with Crippen LogP contribution in [0.25, 0.3) is 0 Å². The third-order valence-corrected chi connectivity index (χ3v) is 2.82. The molecule has 6 heteroatoms. The molecule has 0 radical (unpaired) electrons. The lowest BCUT2D eigenvalue weighted by Gasteiger charge is -2.00. The molecule has 0 aliphatic heterocycles. The highest BCUT2D eigenvalue weighted by Crippen LogP contribution is 2.23. The topological polar surface area (TPSA) is 76.0 Å². The van der Waals surface area contributed by atoms with Crippen LogP contribution in [0.5, 0.6) is 0 Å². The first kappa shape index (κ1) is 11.5. The second kappa shape index (κ2) is 4.92. The van der Waals surface area contributed by atoms with Gasteiger partial charge in [-0.25, -0.2) is 9.78 Å². The van der Waals surface area contributed by atoms with Gasteiger partial charge in [0.2, 0.25) is 0 Å². The zero-order valence-electron chi connectivity index (χ0n) is 8.99. The van der Waals surface area contributed by atoms with Gasteiger partial charge in [-0.05, 0) is 42.4 Å². The summed E-state index contributed by atoms with van der Waals surface area (Å²) in [7, 11) is 0. The number of aryl methyl sites for hydroxylation is 1. The lowest BCUT2D eigenvalue weighted by atomic mass is 10.3. The summed E-state index contributed by atoms with van der Waals surface area (Å²) in [6.07, 6.45) is 3.00. The van der Waals surface area contributed by atoms with Crippen LogP contribution in [-0.4, -0.2) is 26.3 Å². The van der Waals surface area contributed by atoms with E-state index in [9.17, 15) is 4.79 Å². The minimum atomic E-state index is -0.982. The Labute approximate surface area is 102 Å². The predicted molar refractivity (Wildman–Crippen MR) is 62.1 cm³/mol. The monoisotopic (exact) mass is 247 g/mol. The number of hydrogen-bond donors (Lipinski definition) is 1. The van der Waals surface area contributed by atoms with Gasteiger partial charge in [0, 0.05) is 6.20 Å². The normalized spacial score (nSPS) is 10.2. The SMILES string of the molecule is Cc1cnnc(Sc2ccc(C(=O)O)cn2)c1. The molecule has 5 nitrogen and oxygen atoms in total. The lowest BCUT2D eigenvalue weighted by Crippen LogP contribution is -1.96. The maximum Gasteiger partial charge on any atom is 0.337 e. The van der Waals surface area contributed by atoms with Crippen LogP contribution in [0.1, 0.15) is 15.9 Å². The molecule has 17 heavy (non-hydrogen) atoms. The van der Waals surface area contributed by atoms with E-state index in [1.807, 2.05) is 13.0 Å². The van der Waals surface area contributed by atoms with Crippen LogP contribution in [0.15, 0.2) is 40.6 Å². The molecule has 0 saturated carbocycles. The summed E-state index contributed by atoms with van der Waals surface area (Å²) in [6.45, 7) is 1.93. The Morgan fingerprint density at radius 3 is 2.71 bits per heavy atom. The number of hydrogen-bond acceptors (Lipinski definition) is 5. The van der Waals surface area contributed by atoms with Crippen LogP contribution in [0, 0.1) is 6.92 Å². The molecule has 86 valence electrons. The Morgan fingerprint density at radius 1 is 1.29 bits per heavy atom. The van der Waals surface area contributed by atoms with Crippen LogP contribution in [-0.2, 0) is 0 Å². The molecule has 2 aromatic rings. The molecule has 0 aliphatic rings. The highest BCUT2D eigenvalue weighted by Gasteiger charge is 2.05. The number of aromatic carboxylic acids is 1. The maximum atomic E-state index is 10.6. The summed E-state index contributed by atoms with van der Waals surface area (Å²) in [5, 5.41) is 17.9. The molecule has 0 fully saturated rings. The quantitative estimate of drug-likeness (QED) is 0.894. The van der Waals surface area contributed by atoms with E-state index < -0.39 is 5.97 Å². The first-order chi connectivity index (χ1) is 8.15. The van der Waals surface area contributed by atoms with Gasteiger partial charge in [-0.2, -0.15) is 5.10 Å². The highest BCUT2D eigenvalue weighted by atomic mass is 32.2. The van der Waals surface area contributed by atoms with Crippen LogP contribution in [0.2, 0.25) is 0 Å². The van der Waals surface area contributed by atoms with Crippen molar-refractivity contribution < 1.29 is 9.90 Å². The third-order valence-electron chi connectivity index (χ3n) is 1.96. The van der Waals surface area contributed by atoms with Crippen molar-refractivity contribution >= 4 is 17.7 Å². The van der Waals surface area contributed by atoms with Crippen LogP contribution in [0.4, 0.5) is 0 Å². The van der Waals surface area contributed by atoms with Gasteiger partial charge in [0.05, 0.1) is 11.8 Å². The third kappa shape index (κ3) is 3.01. The second-order valence-electron chi connectivity index (χ2n) is 3.36. The molecule has 0 spiro atoms. The van der Waals surface area contributed by atoms with Crippen molar-refractivity contribution in [3.05, 3.63) is 41.7 Å². The van der Waals surface area contributed by atoms with Crippen LogP contribution >= 0.6 is 11.8 Å². The van der Waals surface area contributed by atoms with Crippen molar-refractivity contribution in [2.45, 2.75) is 17.0 Å². The van der Waals surface area contributed by atoms with E-state index in [2.05, 4.69) is 15.2 Å². The molecule has 0 unspecified atom stereocenters. The fraction of sp³-hybridized carbons (Fsp3) is 0.0909. The van der Waals surface area contributed by atoms with Crippen LogP contribution < -0.4 is 0 Å².